The fourth-order valence-corrected chi connectivity index (χ4v) is 3.09. The molecular weight excluding hydrogens is 279 g/mol. The smallest absolute Gasteiger partial charge is 0.224 e. The summed E-state index contributed by atoms with van der Waals surface area (Å²) in [6.45, 7) is 7.74. The van der Waals surface area contributed by atoms with Gasteiger partial charge in [0.15, 0.2) is 0 Å². The van der Waals surface area contributed by atoms with Crippen LogP contribution in [-0.4, -0.2) is 42.4 Å². The number of likely N-dealkylation sites (tertiary alicyclic amines) is 1. The van der Waals surface area contributed by atoms with Crippen molar-refractivity contribution in [1.29, 1.82) is 0 Å². The number of piperidine rings is 1. The molecule has 1 aromatic carbocycles. The number of hydrogen-bond donors (Lipinski definition) is 0. The summed E-state index contributed by atoms with van der Waals surface area (Å²) in [5, 5.41) is 0. The third-order valence-corrected chi connectivity index (χ3v) is 4.43. The van der Waals surface area contributed by atoms with Gasteiger partial charge >= 0.3 is 0 Å². The van der Waals surface area contributed by atoms with Gasteiger partial charge in [0.25, 0.3) is 0 Å². The number of carbonyl (C=O) groups excluding carboxylic acids is 1. The lowest BCUT2D eigenvalue weighted by Crippen LogP contribution is -2.40. The van der Waals surface area contributed by atoms with Crippen LogP contribution in [0.2, 0.25) is 0 Å². The van der Waals surface area contributed by atoms with Crippen LogP contribution in [0.1, 0.15) is 32.3 Å². The maximum absolute atomic E-state index is 12.9. The zero-order chi connectivity index (χ0) is 16.1. The van der Waals surface area contributed by atoms with Gasteiger partial charge in [-0.2, -0.15) is 0 Å². The van der Waals surface area contributed by atoms with E-state index >= 15 is 0 Å². The van der Waals surface area contributed by atoms with Crippen LogP contribution in [0.25, 0.3) is 0 Å². The lowest BCUT2D eigenvalue weighted by molar-refractivity contribution is -0.133. The van der Waals surface area contributed by atoms with Crippen molar-refractivity contribution in [1.82, 2.24) is 9.80 Å². The molecule has 0 bridgehead atoms. The topological polar surface area (TPSA) is 23.6 Å². The van der Waals surface area contributed by atoms with Crippen LogP contribution in [0.3, 0.4) is 0 Å². The van der Waals surface area contributed by atoms with E-state index in [2.05, 4.69) is 4.90 Å². The second kappa shape index (κ2) is 7.73. The Balaban J connectivity index is 1.76. The Morgan fingerprint density at radius 3 is 2.41 bits per heavy atom. The molecule has 0 unspecified atom stereocenters. The van der Waals surface area contributed by atoms with E-state index in [1.807, 2.05) is 37.9 Å². The summed E-state index contributed by atoms with van der Waals surface area (Å²) in [7, 11) is 1.91. The minimum Gasteiger partial charge on any atom is -0.345 e. The van der Waals surface area contributed by atoms with Crippen LogP contribution < -0.4 is 0 Å². The molecule has 1 amide bonds. The van der Waals surface area contributed by atoms with Crippen LogP contribution in [-0.2, 0) is 11.3 Å². The minimum atomic E-state index is -0.180. The highest BCUT2D eigenvalue weighted by atomic mass is 19.1. The fourth-order valence-electron chi connectivity index (χ4n) is 3.09. The average molecular weight is 306 g/mol. The summed E-state index contributed by atoms with van der Waals surface area (Å²) in [6, 6.07) is 6.76. The van der Waals surface area contributed by atoms with Crippen LogP contribution in [0.15, 0.2) is 24.3 Å². The van der Waals surface area contributed by atoms with Gasteiger partial charge in [0.1, 0.15) is 5.82 Å². The van der Waals surface area contributed by atoms with E-state index in [1.54, 1.807) is 0 Å². The highest BCUT2D eigenvalue weighted by molar-refractivity contribution is 5.77. The molecule has 1 heterocycles. The Bertz CT molecular complexity index is 478. The van der Waals surface area contributed by atoms with Crippen molar-refractivity contribution >= 4 is 5.91 Å². The van der Waals surface area contributed by atoms with Crippen LogP contribution >= 0.6 is 0 Å². The summed E-state index contributed by atoms with van der Waals surface area (Å²) in [5.41, 5.74) is 1.16. The van der Waals surface area contributed by atoms with Crippen molar-refractivity contribution in [3.63, 3.8) is 0 Å². The summed E-state index contributed by atoms with van der Waals surface area (Å²) in [5.74, 6) is 0.717. The van der Waals surface area contributed by atoms with Gasteiger partial charge in [0.2, 0.25) is 5.91 Å². The van der Waals surface area contributed by atoms with E-state index in [9.17, 15) is 9.18 Å². The number of benzene rings is 1. The molecule has 0 aliphatic carbocycles. The maximum Gasteiger partial charge on any atom is 0.224 e. The van der Waals surface area contributed by atoms with Crippen molar-refractivity contribution in [3.05, 3.63) is 35.6 Å². The molecule has 0 radical (unpaired) electrons. The molecule has 0 atom stereocenters. The van der Waals surface area contributed by atoms with E-state index in [4.69, 9.17) is 0 Å². The first-order valence-electron chi connectivity index (χ1n) is 8.17. The van der Waals surface area contributed by atoms with Gasteiger partial charge in [0, 0.05) is 26.1 Å². The first-order chi connectivity index (χ1) is 10.5. The molecule has 122 valence electrons. The molecule has 1 fully saturated rings. The Morgan fingerprint density at radius 2 is 1.86 bits per heavy atom. The lowest BCUT2D eigenvalue weighted by Gasteiger charge is -2.34. The predicted molar refractivity (Wildman–Crippen MR) is 86.9 cm³/mol. The number of halogens is 1. The molecule has 3 nitrogen and oxygen atoms in total. The SMILES string of the molecule is CC(C)C(=O)N(C)CC1CCN(Cc2ccc(F)cc2)CC1. The second-order valence-electron chi connectivity index (χ2n) is 6.72. The maximum atomic E-state index is 12.9. The van der Waals surface area contributed by atoms with E-state index in [0.29, 0.717) is 5.92 Å². The predicted octanol–water partition coefficient (Wildman–Crippen LogP) is 3.15. The molecule has 0 N–H and O–H groups in total. The van der Waals surface area contributed by atoms with Gasteiger partial charge in [-0.3, -0.25) is 9.69 Å². The monoisotopic (exact) mass is 306 g/mol. The van der Waals surface area contributed by atoms with Crippen molar-refractivity contribution in [2.24, 2.45) is 11.8 Å². The van der Waals surface area contributed by atoms with E-state index in [1.165, 1.54) is 12.1 Å². The molecule has 1 aliphatic heterocycles. The van der Waals surface area contributed by atoms with Gasteiger partial charge in [-0.25, -0.2) is 4.39 Å². The molecule has 4 heteroatoms. The van der Waals surface area contributed by atoms with Crippen LogP contribution in [0.5, 0.6) is 0 Å². The summed E-state index contributed by atoms with van der Waals surface area (Å²) >= 11 is 0. The second-order valence-corrected chi connectivity index (χ2v) is 6.72. The number of amides is 1. The Labute approximate surface area is 133 Å². The highest BCUT2D eigenvalue weighted by Crippen LogP contribution is 2.20. The lowest BCUT2D eigenvalue weighted by atomic mass is 9.95. The van der Waals surface area contributed by atoms with Crippen molar-refractivity contribution in [3.8, 4) is 0 Å². The fraction of sp³-hybridized carbons (Fsp3) is 0.611. The molecule has 1 aromatic rings. The standard InChI is InChI=1S/C18H27FN2O/c1-14(2)18(22)20(3)12-16-8-10-21(11-9-16)13-15-4-6-17(19)7-5-15/h4-7,14,16H,8-13H2,1-3H3. The Kier molecular flexibility index (Phi) is 5.95. The molecule has 0 spiro atoms. The van der Waals surface area contributed by atoms with Gasteiger partial charge in [0.05, 0.1) is 0 Å². The average Bonchev–Trinajstić information content (AvgIpc) is 2.50. The molecule has 0 saturated carbocycles. The zero-order valence-electron chi connectivity index (χ0n) is 13.9. The Morgan fingerprint density at radius 1 is 1.27 bits per heavy atom. The van der Waals surface area contributed by atoms with Gasteiger partial charge in [-0.05, 0) is 49.5 Å². The van der Waals surface area contributed by atoms with Crippen molar-refractivity contribution < 1.29 is 9.18 Å². The molecule has 2 rings (SSSR count). The highest BCUT2D eigenvalue weighted by Gasteiger charge is 2.22. The van der Waals surface area contributed by atoms with Gasteiger partial charge in [-0.1, -0.05) is 26.0 Å². The molecule has 1 saturated heterocycles. The summed E-state index contributed by atoms with van der Waals surface area (Å²) < 4.78 is 12.9. The third kappa shape index (κ3) is 4.80. The molecule has 1 aliphatic rings. The number of nitrogens with zero attached hydrogens (tertiary/aromatic N) is 2. The largest absolute Gasteiger partial charge is 0.345 e. The van der Waals surface area contributed by atoms with E-state index in [-0.39, 0.29) is 17.6 Å². The molecule has 0 aromatic heterocycles. The number of carbonyl (C=O) groups is 1. The normalized spacial score (nSPS) is 17.0. The van der Waals surface area contributed by atoms with Crippen LogP contribution in [0.4, 0.5) is 4.39 Å². The Hall–Kier alpha value is -1.42. The van der Waals surface area contributed by atoms with Crippen LogP contribution in [0, 0.1) is 17.7 Å². The minimum absolute atomic E-state index is 0.0727. The first-order valence-corrected chi connectivity index (χ1v) is 8.17. The number of hydrogen-bond acceptors (Lipinski definition) is 2. The van der Waals surface area contributed by atoms with Gasteiger partial charge < -0.3 is 4.90 Å². The van der Waals surface area contributed by atoms with Crippen molar-refractivity contribution in [2.75, 3.05) is 26.7 Å². The summed E-state index contributed by atoms with van der Waals surface area (Å²) in [6.07, 6.45) is 2.24. The number of rotatable bonds is 5. The zero-order valence-corrected chi connectivity index (χ0v) is 13.9. The van der Waals surface area contributed by atoms with Gasteiger partial charge in [-0.15, -0.1) is 0 Å². The van der Waals surface area contributed by atoms with E-state index in [0.717, 1.165) is 44.6 Å². The first kappa shape index (κ1) is 16.9. The third-order valence-electron chi connectivity index (χ3n) is 4.43. The summed E-state index contributed by atoms with van der Waals surface area (Å²) in [4.78, 5) is 16.2. The quantitative estimate of drug-likeness (QED) is 0.834. The molecular formula is C18H27FN2O. The van der Waals surface area contributed by atoms with Crippen molar-refractivity contribution in [2.45, 2.75) is 33.2 Å². The van der Waals surface area contributed by atoms with E-state index < -0.39 is 0 Å². The molecule has 22 heavy (non-hydrogen) atoms.